The molecule has 1 aliphatic heterocycles. The van der Waals surface area contributed by atoms with E-state index in [9.17, 15) is 4.79 Å². The first kappa shape index (κ1) is 18.5. The van der Waals surface area contributed by atoms with Gasteiger partial charge >= 0.3 is 0 Å². The summed E-state index contributed by atoms with van der Waals surface area (Å²) in [5.41, 5.74) is 6.10. The summed E-state index contributed by atoms with van der Waals surface area (Å²) in [4.78, 5) is 26.9. The third-order valence-corrected chi connectivity index (χ3v) is 4.57. The summed E-state index contributed by atoms with van der Waals surface area (Å²) < 4.78 is 11.4. The molecule has 2 aromatic heterocycles. The Balaban J connectivity index is 1.53. The molecule has 0 bridgehead atoms. The molecule has 1 aromatic carbocycles. The number of aromatic nitrogens is 4. The van der Waals surface area contributed by atoms with Gasteiger partial charge in [0, 0.05) is 19.2 Å². The molecule has 10 heteroatoms. The summed E-state index contributed by atoms with van der Waals surface area (Å²) in [7, 11) is 0. The molecule has 1 atom stereocenters. The molecule has 0 radical (unpaired) electrons. The zero-order valence-electron chi connectivity index (χ0n) is 14.9. The molecule has 1 fully saturated rings. The van der Waals surface area contributed by atoms with Crippen molar-refractivity contribution in [3.8, 4) is 11.6 Å². The van der Waals surface area contributed by atoms with Crippen molar-refractivity contribution in [2.45, 2.75) is 25.4 Å². The van der Waals surface area contributed by atoms with E-state index in [-0.39, 0.29) is 23.0 Å². The van der Waals surface area contributed by atoms with Crippen molar-refractivity contribution in [2.75, 3.05) is 24.2 Å². The molecule has 1 saturated heterocycles. The molecule has 4 rings (SSSR count). The Bertz CT molecular complexity index is 1050. The van der Waals surface area contributed by atoms with Gasteiger partial charge in [-0.05, 0) is 31.4 Å². The number of nitrogens with one attached hydrogen (secondary N) is 2. The minimum Gasteiger partial charge on any atom is -0.436 e. The highest BCUT2D eigenvalue weighted by Crippen LogP contribution is 2.28. The number of fused-ring (bicyclic) bond motifs is 1. The van der Waals surface area contributed by atoms with E-state index in [1.54, 1.807) is 18.2 Å². The van der Waals surface area contributed by atoms with Gasteiger partial charge in [0.2, 0.25) is 11.8 Å². The number of nitrogen functional groups attached to an aromatic ring is 1. The van der Waals surface area contributed by atoms with Crippen molar-refractivity contribution in [2.24, 2.45) is 0 Å². The van der Waals surface area contributed by atoms with Crippen LogP contribution in [0.1, 0.15) is 19.3 Å². The Kier molecular flexibility index (Phi) is 5.27. The van der Waals surface area contributed by atoms with Crippen LogP contribution in [0.2, 0.25) is 5.15 Å². The average Bonchev–Trinajstić information content (AvgIpc) is 3.16. The maximum atomic E-state index is 11.6. The first-order valence-electron chi connectivity index (χ1n) is 8.95. The second-order valence-corrected chi connectivity index (χ2v) is 6.80. The van der Waals surface area contributed by atoms with Crippen molar-refractivity contribution in [3.05, 3.63) is 39.8 Å². The second kappa shape index (κ2) is 7.99. The Morgan fingerprint density at radius 1 is 1.36 bits per heavy atom. The van der Waals surface area contributed by atoms with E-state index < -0.39 is 5.56 Å². The second-order valence-electron chi connectivity index (χ2n) is 6.41. The number of nitrogens with two attached hydrogens (primary N) is 1. The SMILES string of the molecule is Nc1nc2c(Oc3cc(Cl)nc(NCCC4CCCO4)n3)cccc2[nH]c1=O. The van der Waals surface area contributed by atoms with Gasteiger partial charge < -0.3 is 25.5 Å². The van der Waals surface area contributed by atoms with E-state index >= 15 is 0 Å². The zero-order valence-corrected chi connectivity index (χ0v) is 15.7. The van der Waals surface area contributed by atoms with Crippen LogP contribution in [0.15, 0.2) is 29.1 Å². The summed E-state index contributed by atoms with van der Waals surface area (Å²) in [5, 5.41) is 3.38. The molecule has 0 saturated carbocycles. The first-order valence-corrected chi connectivity index (χ1v) is 9.33. The molecule has 3 heterocycles. The highest BCUT2D eigenvalue weighted by molar-refractivity contribution is 6.29. The van der Waals surface area contributed by atoms with Gasteiger partial charge in [-0.25, -0.2) is 9.97 Å². The fourth-order valence-electron chi connectivity index (χ4n) is 3.04. The lowest BCUT2D eigenvalue weighted by molar-refractivity contribution is 0.107. The molecular weight excluding hydrogens is 384 g/mol. The highest BCUT2D eigenvalue weighted by atomic mass is 35.5. The molecule has 1 unspecified atom stereocenters. The predicted molar refractivity (Wildman–Crippen MR) is 106 cm³/mol. The van der Waals surface area contributed by atoms with E-state index in [2.05, 4.69) is 25.3 Å². The van der Waals surface area contributed by atoms with Crippen LogP contribution in [0.4, 0.5) is 11.8 Å². The lowest BCUT2D eigenvalue weighted by Crippen LogP contribution is -2.14. The summed E-state index contributed by atoms with van der Waals surface area (Å²) in [6.07, 6.45) is 3.32. The minimum absolute atomic E-state index is 0.138. The van der Waals surface area contributed by atoms with Gasteiger partial charge in [0.1, 0.15) is 10.7 Å². The van der Waals surface area contributed by atoms with Crippen LogP contribution in [0.5, 0.6) is 11.6 Å². The maximum Gasteiger partial charge on any atom is 0.290 e. The van der Waals surface area contributed by atoms with Crippen LogP contribution in [-0.2, 0) is 4.74 Å². The molecule has 1 aliphatic rings. The number of hydrogen-bond acceptors (Lipinski definition) is 8. The van der Waals surface area contributed by atoms with Crippen molar-refractivity contribution in [1.29, 1.82) is 0 Å². The van der Waals surface area contributed by atoms with Gasteiger partial charge in [-0.3, -0.25) is 4.79 Å². The number of H-pyrrole nitrogens is 1. The summed E-state index contributed by atoms with van der Waals surface area (Å²) >= 11 is 6.11. The van der Waals surface area contributed by atoms with Gasteiger partial charge in [-0.15, -0.1) is 0 Å². The molecule has 0 spiro atoms. The number of benzene rings is 1. The average molecular weight is 403 g/mol. The van der Waals surface area contributed by atoms with E-state index in [1.165, 1.54) is 6.07 Å². The number of anilines is 2. The van der Waals surface area contributed by atoms with E-state index in [0.29, 0.717) is 29.3 Å². The normalized spacial score (nSPS) is 16.4. The van der Waals surface area contributed by atoms with Gasteiger partial charge in [-0.2, -0.15) is 4.98 Å². The third kappa shape index (κ3) is 4.15. The topological polar surface area (TPSA) is 128 Å². The predicted octanol–water partition coefficient (Wildman–Crippen LogP) is 2.72. The summed E-state index contributed by atoms with van der Waals surface area (Å²) in [6, 6.07) is 6.64. The zero-order chi connectivity index (χ0) is 19.5. The molecule has 9 nitrogen and oxygen atoms in total. The van der Waals surface area contributed by atoms with Gasteiger partial charge in [0.05, 0.1) is 11.6 Å². The molecule has 4 N–H and O–H groups in total. The van der Waals surface area contributed by atoms with Crippen molar-refractivity contribution in [3.63, 3.8) is 0 Å². The van der Waals surface area contributed by atoms with Gasteiger partial charge in [0.25, 0.3) is 5.56 Å². The van der Waals surface area contributed by atoms with Crippen molar-refractivity contribution in [1.82, 2.24) is 19.9 Å². The lowest BCUT2D eigenvalue weighted by atomic mass is 10.2. The summed E-state index contributed by atoms with van der Waals surface area (Å²) in [5.74, 6) is 0.863. The largest absolute Gasteiger partial charge is 0.436 e. The molecule has 3 aromatic rings. The lowest BCUT2D eigenvalue weighted by Gasteiger charge is -2.12. The fourth-order valence-corrected chi connectivity index (χ4v) is 3.21. The maximum absolute atomic E-state index is 11.6. The number of ether oxygens (including phenoxy) is 2. The van der Waals surface area contributed by atoms with Crippen LogP contribution in [0.25, 0.3) is 11.0 Å². The van der Waals surface area contributed by atoms with Crippen molar-refractivity contribution >= 4 is 34.4 Å². The Hall–Kier alpha value is -2.91. The van der Waals surface area contributed by atoms with Crippen LogP contribution < -0.4 is 21.3 Å². The monoisotopic (exact) mass is 402 g/mol. The van der Waals surface area contributed by atoms with E-state index in [4.69, 9.17) is 26.8 Å². The Labute approximate surface area is 165 Å². The van der Waals surface area contributed by atoms with Crippen LogP contribution in [0.3, 0.4) is 0 Å². The fraction of sp³-hybridized carbons (Fsp3) is 0.333. The molecule has 28 heavy (non-hydrogen) atoms. The number of nitrogens with zero attached hydrogens (tertiary/aromatic N) is 3. The van der Waals surface area contributed by atoms with Crippen molar-refractivity contribution < 1.29 is 9.47 Å². The summed E-state index contributed by atoms with van der Waals surface area (Å²) in [6.45, 7) is 1.49. The number of halogens is 1. The van der Waals surface area contributed by atoms with Crippen LogP contribution in [0, 0.1) is 0 Å². The number of rotatable bonds is 6. The molecule has 146 valence electrons. The van der Waals surface area contributed by atoms with Gasteiger partial charge in [-0.1, -0.05) is 17.7 Å². The van der Waals surface area contributed by atoms with Gasteiger partial charge in [0.15, 0.2) is 11.6 Å². The standard InChI is InChI=1S/C18H19ClN6O3/c19-13-9-14(24-18(23-13)21-7-6-10-3-2-8-27-10)28-12-5-1-4-11-15(12)25-16(20)17(26)22-11/h1,4-5,9-10H,2-3,6-8H2,(H2,20,25)(H,22,26)(H,21,23,24). The minimum atomic E-state index is -0.451. The number of aromatic amines is 1. The van der Waals surface area contributed by atoms with Crippen LogP contribution >= 0.6 is 11.6 Å². The van der Waals surface area contributed by atoms with Crippen LogP contribution in [-0.4, -0.2) is 39.2 Å². The molecule has 0 amide bonds. The van der Waals surface area contributed by atoms with E-state index in [1.807, 2.05) is 0 Å². The Morgan fingerprint density at radius 3 is 3.07 bits per heavy atom. The number of para-hydroxylation sites is 1. The highest BCUT2D eigenvalue weighted by Gasteiger charge is 2.15. The first-order chi connectivity index (χ1) is 13.6. The Morgan fingerprint density at radius 2 is 2.25 bits per heavy atom. The third-order valence-electron chi connectivity index (χ3n) is 4.37. The van der Waals surface area contributed by atoms with E-state index in [0.717, 1.165) is 25.9 Å². The molecular formula is C18H19ClN6O3. The number of hydrogen-bond donors (Lipinski definition) is 3. The molecule has 0 aliphatic carbocycles. The smallest absolute Gasteiger partial charge is 0.290 e. The quantitative estimate of drug-likeness (QED) is 0.537.